The fourth-order valence-electron chi connectivity index (χ4n) is 5.31. The first kappa shape index (κ1) is 34.5. The highest BCUT2D eigenvalue weighted by molar-refractivity contribution is 6.07. The van der Waals surface area contributed by atoms with E-state index in [1.165, 1.54) is 11.2 Å². The first-order valence-electron chi connectivity index (χ1n) is 15.3. The minimum atomic E-state index is -1.17. The van der Waals surface area contributed by atoms with E-state index in [1.807, 2.05) is 12.1 Å². The second kappa shape index (κ2) is 15.3. The van der Waals surface area contributed by atoms with Crippen LogP contribution >= 0.6 is 0 Å². The number of aromatic nitrogens is 1. The molecule has 13 nitrogen and oxygen atoms in total. The molecule has 47 heavy (non-hydrogen) atoms. The molecule has 2 N–H and O–H groups in total. The number of hydrogen-bond acceptors (Lipinski definition) is 9. The highest BCUT2D eigenvalue weighted by atomic mass is 16.6. The summed E-state index contributed by atoms with van der Waals surface area (Å²) in [5.74, 6) is -1.89. The van der Waals surface area contributed by atoms with Crippen molar-refractivity contribution < 1.29 is 33.8 Å². The van der Waals surface area contributed by atoms with E-state index in [1.54, 1.807) is 62.2 Å². The molecule has 1 aliphatic heterocycles. The molecule has 1 saturated heterocycles. The van der Waals surface area contributed by atoms with Gasteiger partial charge in [-0.3, -0.25) is 29.3 Å². The first-order valence-corrected chi connectivity index (χ1v) is 15.3. The smallest absolute Gasteiger partial charge is 0.410 e. The molecule has 2 aromatic carbocycles. The van der Waals surface area contributed by atoms with Crippen LogP contribution in [0.5, 0.6) is 0 Å². The third kappa shape index (κ3) is 8.89. The molecule has 13 heteroatoms. The van der Waals surface area contributed by atoms with Crippen molar-refractivity contribution in [3.63, 3.8) is 0 Å². The van der Waals surface area contributed by atoms with Crippen molar-refractivity contribution in [2.24, 2.45) is 0 Å². The van der Waals surface area contributed by atoms with E-state index in [9.17, 15) is 29.2 Å². The van der Waals surface area contributed by atoms with Gasteiger partial charge < -0.3 is 20.0 Å². The van der Waals surface area contributed by atoms with Crippen molar-refractivity contribution in [2.75, 3.05) is 32.7 Å². The van der Waals surface area contributed by atoms with Crippen LogP contribution in [0.4, 0.5) is 4.79 Å². The maximum absolute atomic E-state index is 13.7. The number of hydrazine groups is 1. The Balaban J connectivity index is 1.44. The van der Waals surface area contributed by atoms with Crippen LogP contribution in [-0.4, -0.2) is 99.5 Å². The van der Waals surface area contributed by atoms with Gasteiger partial charge >= 0.3 is 12.1 Å². The number of fused-ring (bicyclic) bond motifs is 1. The second-order valence-electron chi connectivity index (χ2n) is 12.1. The summed E-state index contributed by atoms with van der Waals surface area (Å²) < 4.78 is 5.28. The van der Waals surface area contributed by atoms with E-state index in [-0.39, 0.29) is 25.5 Å². The number of carboxylic acids is 1. The van der Waals surface area contributed by atoms with E-state index in [2.05, 4.69) is 16.4 Å². The minimum Gasteiger partial charge on any atom is -0.480 e. The van der Waals surface area contributed by atoms with Gasteiger partial charge in [0.05, 0.1) is 23.7 Å². The molecule has 0 saturated carbocycles. The Bertz CT molecular complexity index is 1680. The van der Waals surface area contributed by atoms with E-state index in [0.717, 1.165) is 22.4 Å². The number of carbonyl (C=O) groups is 5. The van der Waals surface area contributed by atoms with Crippen LogP contribution < -0.4 is 5.32 Å². The van der Waals surface area contributed by atoms with Gasteiger partial charge in [0.25, 0.3) is 11.8 Å². The lowest BCUT2D eigenvalue weighted by molar-refractivity contribution is -0.138. The third-order valence-corrected chi connectivity index (χ3v) is 7.49. The minimum absolute atomic E-state index is 0.0889. The number of carboxylic acid groups (broad SMARTS) is 1. The van der Waals surface area contributed by atoms with Crippen LogP contribution in [0.15, 0.2) is 54.7 Å². The third-order valence-electron chi connectivity index (χ3n) is 7.49. The molecule has 1 unspecified atom stereocenters. The van der Waals surface area contributed by atoms with Gasteiger partial charge in [0.1, 0.15) is 24.5 Å². The predicted octanol–water partition coefficient (Wildman–Crippen LogP) is 3.89. The molecule has 4 rings (SSSR count). The van der Waals surface area contributed by atoms with Crippen LogP contribution in [0.25, 0.3) is 22.0 Å². The summed E-state index contributed by atoms with van der Waals surface area (Å²) in [5.41, 5.74) is 2.15. The molecule has 1 aromatic heterocycles. The lowest BCUT2D eigenvalue weighted by Crippen LogP contribution is -2.49. The van der Waals surface area contributed by atoms with Crippen LogP contribution in [0.1, 0.15) is 60.7 Å². The molecular formula is C34H38N6O7. The maximum Gasteiger partial charge on any atom is 0.410 e. The first-order chi connectivity index (χ1) is 22.4. The zero-order valence-electron chi connectivity index (χ0n) is 26.6. The average molecular weight is 643 g/mol. The number of benzene rings is 2. The van der Waals surface area contributed by atoms with Crippen molar-refractivity contribution in [3.05, 3.63) is 65.9 Å². The van der Waals surface area contributed by atoms with Crippen molar-refractivity contribution in [1.29, 1.82) is 5.26 Å². The largest absolute Gasteiger partial charge is 0.480 e. The van der Waals surface area contributed by atoms with E-state index in [4.69, 9.17) is 9.84 Å². The Kier molecular flexibility index (Phi) is 11.2. The predicted molar refractivity (Wildman–Crippen MR) is 172 cm³/mol. The van der Waals surface area contributed by atoms with Gasteiger partial charge in [-0.15, -0.1) is 0 Å². The summed E-state index contributed by atoms with van der Waals surface area (Å²) >= 11 is 0. The number of aldehydes is 1. The molecule has 0 aliphatic carbocycles. The number of aliphatic carboxylic acids is 1. The van der Waals surface area contributed by atoms with Gasteiger partial charge in [-0.2, -0.15) is 5.26 Å². The van der Waals surface area contributed by atoms with E-state index < -0.39 is 36.2 Å². The molecule has 246 valence electrons. The zero-order chi connectivity index (χ0) is 34.1. The van der Waals surface area contributed by atoms with Gasteiger partial charge in [-0.25, -0.2) is 9.80 Å². The summed E-state index contributed by atoms with van der Waals surface area (Å²) in [6.07, 6.45) is 3.13. The number of nitrogens with zero attached hydrogens (tertiary/aromatic N) is 5. The fraction of sp³-hybridized carbons (Fsp3) is 0.382. The number of nitriles is 1. The number of rotatable bonds is 12. The summed E-state index contributed by atoms with van der Waals surface area (Å²) in [4.78, 5) is 67.1. The molecule has 1 atom stereocenters. The molecule has 0 radical (unpaired) electrons. The molecule has 3 aromatic rings. The molecule has 1 fully saturated rings. The normalized spacial score (nSPS) is 14.6. The quantitative estimate of drug-likeness (QED) is 0.218. The number of hydrogen-bond donors (Lipinski definition) is 2. The van der Waals surface area contributed by atoms with Crippen LogP contribution in [-0.2, 0) is 14.3 Å². The molecule has 0 bridgehead atoms. The van der Waals surface area contributed by atoms with Gasteiger partial charge in [0, 0.05) is 36.8 Å². The van der Waals surface area contributed by atoms with Gasteiger partial charge in [0.15, 0.2) is 0 Å². The topological polar surface area (TPSA) is 173 Å². The average Bonchev–Trinajstić information content (AvgIpc) is 3.52. The fourth-order valence-corrected chi connectivity index (χ4v) is 5.31. The maximum atomic E-state index is 13.7. The Morgan fingerprint density at radius 2 is 1.85 bits per heavy atom. The van der Waals surface area contributed by atoms with Gasteiger partial charge in [0.2, 0.25) is 0 Å². The highest BCUT2D eigenvalue weighted by Gasteiger charge is 2.33. The monoisotopic (exact) mass is 642 g/mol. The van der Waals surface area contributed by atoms with Crippen LogP contribution in [0, 0.1) is 11.3 Å². The standard InChI is InChI=1S/C34H38N6O7/c1-34(2,3)47-33(46)38(22-30(42)43)16-5-14-37-31(44)24-9-7-23(8-10-24)25-11-12-29-28(20-25)27(13-15-36-29)32(45)40(18-19-41)39-17-4-6-26(39)21-35/h7-13,15,19-20,26H,4-6,14,16-18,22H2,1-3H3,(H,37,44)(H,42,43). The number of amides is 3. The van der Waals surface area contributed by atoms with Gasteiger partial charge in [-0.05, 0) is 81.5 Å². The SMILES string of the molecule is CC(C)(C)OC(=O)N(CCCNC(=O)c1ccc(-c2ccc3nccc(C(=O)N(CC=O)N4CCCC4C#N)c3c2)cc1)CC(=O)O. The van der Waals surface area contributed by atoms with Crippen LogP contribution in [0.2, 0.25) is 0 Å². The Morgan fingerprint density at radius 1 is 1.13 bits per heavy atom. The Hall–Kier alpha value is -5.35. The van der Waals surface area contributed by atoms with Crippen molar-refractivity contribution in [3.8, 4) is 17.2 Å². The molecule has 1 aliphatic rings. The Labute approximate surface area is 272 Å². The number of ether oxygens (including phenoxy) is 1. The number of nitrogens with one attached hydrogen (secondary N) is 1. The molecule has 3 amide bonds. The molecule has 0 spiro atoms. The molecular weight excluding hydrogens is 604 g/mol. The zero-order valence-corrected chi connectivity index (χ0v) is 26.6. The number of pyridine rings is 1. The summed E-state index contributed by atoms with van der Waals surface area (Å²) in [5, 5.41) is 25.1. The van der Waals surface area contributed by atoms with Crippen molar-refractivity contribution >= 4 is 41.1 Å². The second-order valence-corrected chi connectivity index (χ2v) is 12.1. The lowest BCUT2D eigenvalue weighted by Gasteiger charge is -2.32. The highest BCUT2D eigenvalue weighted by Crippen LogP contribution is 2.28. The van der Waals surface area contributed by atoms with E-state index in [0.29, 0.717) is 47.7 Å². The van der Waals surface area contributed by atoms with Crippen LogP contribution in [0.3, 0.4) is 0 Å². The van der Waals surface area contributed by atoms with Crippen molar-refractivity contribution in [1.82, 2.24) is 25.2 Å². The van der Waals surface area contributed by atoms with E-state index >= 15 is 0 Å². The summed E-state index contributed by atoms with van der Waals surface area (Å²) in [6, 6.07) is 15.7. The van der Waals surface area contributed by atoms with Crippen molar-refractivity contribution in [2.45, 2.75) is 51.7 Å². The lowest BCUT2D eigenvalue weighted by atomic mass is 9.99. The number of carbonyl (C=O) groups excluding carboxylic acids is 4. The summed E-state index contributed by atoms with van der Waals surface area (Å²) in [6.45, 7) is 5.19. The summed E-state index contributed by atoms with van der Waals surface area (Å²) in [7, 11) is 0. The Morgan fingerprint density at radius 3 is 2.51 bits per heavy atom. The molecule has 2 heterocycles. The van der Waals surface area contributed by atoms with Gasteiger partial charge in [-0.1, -0.05) is 18.2 Å².